The van der Waals surface area contributed by atoms with Crippen molar-refractivity contribution < 1.29 is 13.3 Å². The molecule has 3 aromatic rings. The highest BCUT2D eigenvalue weighted by Gasteiger charge is 2.33. The molecule has 7 nitrogen and oxygen atoms in total. The van der Waals surface area contributed by atoms with Crippen LogP contribution in [-0.2, 0) is 15.7 Å². The SMILES string of the molecule is Cc1ccc([C@@H](c2nnnn2CS(=O)(=O)c2ccc(C)cc2)[NH+]2CCCCC2)cc1. The third-order valence-corrected chi connectivity index (χ3v) is 7.38. The number of likely N-dealkylation sites (tertiary alicyclic amines) is 1. The fraction of sp³-hybridized carbons (Fsp3) is 0.409. The molecule has 1 atom stereocenters. The van der Waals surface area contributed by atoms with E-state index < -0.39 is 9.84 Å². The predicted octanol–water partition coefficient (Wildman–Crippen LogP) is 1.88. The van der Waals surface area contributed by atoms with E-state index in [2.05, 4.69) is 46.7 Å². The lowest BCUT2D eigenvalue weighted by atomic mass is 10.00. The molecule has 0 bridgehead atoms. The van der Waals surface area contributed by atoms with Crippen molar-refractivity contribution in [1.82, 2.24) is 20.2 Å². The third kappa shape index (κ3) is 4.44. The van der Waals surface area contributed by atoms with Gasteiger partial charge in [-0.2, -0.15) is 0 Å². The van der Waals surface area contributed by atoms with Gasteiger partial charge < -0.3 is 4.90 Å². The maximum Gasteiger partial charge on any atom is 0.215 e. The first-order chi connectivity index (χ1) is 14.4. The highest BCUT2D eigenvalue weighted by molar-refractivity contribution is 7.90. The monoisotopic (exact) mass is 426 g/mol. The molecule has 8 heteroatoms. The number of quaternary nitrogens is 1. The third-order valence-electron chi connectivity index (χ3n) is 5.80. The lowest BCUT2D eigenvalue weighted by Crippen LogP contribution is -3.13. The minimum atomic E-state index is -3.56. The number of hydrogen-bond acceptors (Lipinski definition) is 5. The van der Waals surface area contributed by atoms with Gasteiger partial charge in [0.05, 0.1) is 18.0 Å². The average Bonchev–Trinajstić information content (AvgIpc) is 3.18. The summed E-state index contributed by atoms with van der Waals surface area (Å²) >= 11 is 0. The van der Waals surface area contributed by atoms with Crippen molar-refractivity contribution in [2.75, 3.05) is 13.1 Å². The normalized spacial score (nSPS) is 16.5. The summed E-state index contributed by atoms with van der Waals surface area (Å²) in [5.41, 5.74) is 3.32. The predicted molar refractivity (Wildman–Crippen MR) is 114 cm³/mol. The zero-order chi connectivity index (χ0) is 21.1. The van der Waals surface area contributed by atoms with Crippen LogP contribution in [0.2, 0.25) is 0 Å². The van der Waals surface area contributed by atoms with Crippen molar-refractivity contribution in [3.63, 3.8) is 0 Å². The van der Waals surface area contributed by atoms with Crippen LogP contribution in [0.4, 0.5) is 0 Å². The number of piperidine rings is 1. The van der Waals surface area contributed by atoms with Crippen LogP contribution in [0.3, 0.4) is 0 Å². The molecule has 1 N–H and O–H groups in total. The van der Waals surface area contributed by atoms with Gasteiger partial charge in [0.15, 0.2) is 21.8 Å². The van der Waals surface area contributed by atoms with Crippen molar-refractivity contribution >= 4 is 9.84 Å². The zero-order valence-electron chi connectivity index (χ0n) is 17.5. The molecule has 0 radical (unpaired) electrons. The first-order valence-electron chi connectivity index (χ1n) is 10.4. The summed E-state index contributed by atoms with van der Waals surface area (Å²) in [6.07, 6.45) is 3.54. The molecule has 4 rings (SSSR count). The Kier molecular flexibility index (Phi) is 5.97. The van der Waals surface area contributed by atoms with Crippen molar-refractivity contribution in [2.24, 2.45) is 0 Å². The Morgan fingerprint density at radius 1 is 0.933 bits per heavy atom. The van der Waals surface area contributed by atoms with Gasteiger partial charge in [-0.15, -0.1) is 5.10 Å². The average molecular weight is 427 g/mol. The van der Waals surface area contributed by atoms with E-state index in [1.807, 2.05) is 6.92 Å². The van der Waals surface area contributed by atoms with Gasteiger partial charge in [-0.1, -0.05) is 47.5 Å². The number of aryl methyl sites for hydroxylation is 2. The van der Waals surface area contributed by atoms with Crippen LogP contribution in [0.15, 0.2) is 53.4 Å². The molecule has 0 spiro atoms. The van der Waals surface area contributed by atoms with Crippen LogP contribution in [0, 0.1) is 13.8 Å². The molecule has 1 aliphatic rings. The Hall–Kier alpha value is -2.58. The topological polar surface area (TPSA) is 82.2 Å². The summed E-state index contributed by atoms with van der Waals surface area (Å²) in [6, 6.07) is 15.2. The molecule has 0 saturated carbocycles. The summed E-state index contributed by atoms with van der Waals surface area (Å²) in [5.74, 6) is 0.333. The van der Waals surface area contributed by atoms with E-state index in [4.69, 9.17) is 0 Å². The largest absolute Gasteiger partial charge is 0.322 e. The highest BCUT2D eigenvalue weighted by Crippen LogP contribution is 2.21. The van der Waals surface area contributed by atoms with Crippen LogP contribution in [-0.4, -0.2) is 41.7 Å². The fourth-order valence-electron chi connectivity index (χ4n) is 4.11. The summed E-state index contributed by atoms with van der Waals surface area (Å²) < 4.78 is 27.5. The van der Waals surface area contributed by atoms with Gasteiger partial charge in [0.1, 0.15) is 0 Å². The lowest BCUT2D eigenvalue weighted by molar-refractivity contribution is -0.931. The van der Waals surface area contributed by atoms with Crippen LogP contribution in [0.5, 0.6) is 0 Å². The van der Waals surface area contributed by atoms with Crippen LogP contribution < -0.4 is 4.90 Å². The number of sulfone groups is 1. The Morgan fingerprint density at radius 2 is 1.53 bits per heavy atom. The van der Waals surface area contributed by atoms with Crippen LogP contribution in [0.25, 0.3) is 0 Å². The number of benzene rings is 2. The molecule has 158 valence electrons. The molecule has 0 unspecified atom stereocenters. The van der Waals surface area contributed by atoms with Gasteiger partial charge in [-0.3, -0.25) is 0 Å². The Labute approximate surface area is 177 Å². The number of rotatable bonds is 6. The quantitative estimate of drug-likeness (QED) is 0.651. The van der Waals surface area contributed by atoms with E-state index in [1.54, 1.807) is 24.3 Å². The molecule has 1 fully saturated rings. The number of nitrogens with zero attached hydrogens (tertiary/aromatic N) is 4. The molecule has 1 aromatic heterocycles. The van der Waals surface area contributed by atoms with Crippen molar-refractivity contribution in [3.05, 3.63) is 71.0 Å². The first-order valence-corrected chi connectivity index (χ1v) is 12.1. The first kappa shape index (κ1) is 20.7. The summed E-state index contributed by atoms with van der Waals surface area (Å²) in [4.78, 5) is 1.67. The molecule has 1 saturated heterocycles. The summed E-state index contributed by atoms with van der Waals surface area (Å²) in [6.45, 7) is 6.04. The van der Waals surface area contributed by atoms with Gasteiger partial charge in [0.2, 0.25) is 5.82 Å². The second-order valence-corrected chi connectivity index (χ2v) is 10.1. The van der Waals surface area contributed by atoms with Crippen molar-refractivity contribution in [2.45, 2.75) is 49.9 Å². The molecule has 2 aromatic carbocycles. The zero-order valence-corrected chi connectivity index (χ0v) is 18.3. The van der Waals surface area contributed by atoms with E-state index in [1.165, 1.54) is 21.6 Å². The standard InChI is InChI=1S/C22H27N5O2S/c1-17-6-10-19(11-7-17)21(26-14-4-3-5-15-26)22-23-24-25-27(22)16-30(28,29)20-12-8-18(2)9-13-20/h6-13,21H,3-5,14-16H2,1-2H3/p+1/t21-/m0/s1. The molecule has 2 heterocycles. The Bertz CT molecular complexity index is 1090. The van der Waals surface area contributed by atoms with Crippen LogP contribution in [0.1, 0.15) is 47.8 Å². The molecular weight excluding hydrogens is 398 g/mol. The van der Waals surface area contributed by atoms with Crippen molar-refractivity contribution in [1.29, 1.82) is 0 Å². The number of tetrazole rings is 1. The van der Waals surface area contributed by atoms with Gasteiger partial charge >= 0.3 is 0 Å². The van der Waals surface area contributed by atoms with Gasteiger partial charge in [0, 0.05) is 5.56 Å². The molecule has 0 amide bonds. The second kappa shape index (κ2) is 8.65. The maximum atomic E-state index is 13.0. The van der Waals surface area contributed by atoms with E-state index >= 15 is 0 Å². The van der Waals surface area contributed by atoms with Gasteiger partial charge in [-0.05, 0) is 55.7 Å². The van der Waals surface area contributed by atoms with E-state index in [9.17, 15) is 8.42 Å². The number of nitrogens with one attached hydrogen (secondary N) is 1. The summed E-state index contributed by atoms with van der Waals surface area (Å²) in [5, 5.41) is 12.2. The van der Waals surface area contributed by atoms with Crippen LogP contribution >= 0.6 is 0 Å². The fourth-order valence-corrected chi connectivity index (χ4v) is 5.32. The van der Waals surface area contributed by atoms with Gasteiger partial charge in [-0.25, -0.2) is 13.1 Å². The smallest absolute Gasteiger partial charge is 0.215 e. The molecule has 1 aliphatic heterocycles. The number of hydrogen-bond donors (Lipinski definition) is 1. The molecule has 30 heavy (non-hydrogen) atoms. The summed E-state index contributed by atoms with van der Waals surface area (Å²) in [7, 11) is -3.56. The number of aromatic nitrogens is 4. The molecule has 0 aliphatic carbocycles. The van der Waals surface area contributed by atoms with E-state index in [-0.39, 0.29) is 16.8 Å². The second-order valence-electron chi connectivity index (χ2n) is 8.16. The van der Waals surface area contributed by atoms with Gasteiger partial charge in [0.25, 0.3) is 0 Å². The van der Waals surface area contributed by atoms with E-state index in [0.717, 1.165) is 37.1 Å². The highest BCUT2D eigenvalue weighted by atomic mass is 32.2. The molecular formula is C22H28N5O2S+. The Morgan fingerprint density at radius 3 is 2.17 bits per heavy atom. The Balaban J connectivity index is 1.70. The van der Waals surface area contributed by atoms with Crippen molar-refractivity contribution in [3.8, 4) is 0 Å². The lowest BCUT2D eigenvalue weighted by Gasteiger charge is -2.31. The van der Waals surface area contributed by atoms with E-state index in [0.29, 0.717) is 5.82 Å². The maximum absolute atomic E-state index is 13.0. The minimum absolute atomic E-state index is 0.0888. The minimum Gasteiger partial charge on any atom is -0.322 e.